The lowest BCUT2D eigenvalue weighted by Crippen LogP contribution is -2.54. The van der Waals surface area contributed by atoms with Gasteiger partial charge < -0.3 is 29.7 Å². The molecule has 3 aliphatic rings. The molecule has 2 aliphatic heterocycles. The van der Waals surface area contributed by atoms with Crippen molar-refractivity contribution in [3.63, 3.8) is 0 Å². The number of benzene rings is 1. The summed E-state index contributed by atoms with van der Waals surface area (Å²) < 4.78 is 16.8. The molecular formula is C30H43N5O4. The smallest absolute Gasteiger partial charge is 0.276 e. The summed E-state index contributed by atoms with van der Waals surface area (Å²) in [4.78, 5) is 24.2. The van der Waals surface area contributed by atoms with Gasteiger partial charge in [0.25, 0.3) is 5.91 Å². The minimum Gasteiger partial charge on any atom is -0.491 e. The van der Waals surface area contributed by atoms with Crippen molar-refractivity contribution < 1.29 is 19.0 Å². The summed E-state index contributed by atoms with van der Waals surface area (Å²) >= 11 is 0. The standard InChI is InChI=1S/C30H43N5O4/c1-37-26-19-39-16-13-25(26)34-24-11-14-35(15-12-24)30(36)27-28(38-2)29(33-20-32-27)31-18-21-7-6-10-23(17-21)22-8-4-3-5-9-22/h3-5,8-9,20-21,23-26,34H,6-7,10-19H2,1-2H3,(H,31,32,33). The molecule has 0 bridgehead atoms. The molecule has 212 valence electrons. The maximum atomic E-state index is 13.5. The molecule has 3 heterocycles. The highest BCUT2D eigenvalue weighted by atomic mass is 16.5. The van der Waals surface area contributed by atoms with Crippen LogP contribution in [0, 0.1) is 5.92 Å². The van der Waals surface area contributed by atoms with Gasteiger partial charge in [0.15, 0.2) is 17.3 Å². The lowest BCUT2D eigenvalue weighted by molar-refractivity contribution is -0.0533. The molecule has 2 N–H and O–H groups in total. The molecule has 39 heavy (non-hydrogen) atoms. The number of piperidine rings is 1. The van der Waals surface area contributed by atoms with Crippen LogP contribution in [-0.2, 0) is 9.47 Å². The molecule has 1 aliphatic carbocycles. The number of carbonyl (C=O) groups is 1. The summed E-state index contributed by atoms with van der Waals surface area (Å²) in [6.07, 6.45) is 9.08. The van der Waals surface area contributed by atoms with E-state index in [9.17, 15) is 4.79 Å². The number of anilines is 1. The van der Waals surface area contributed by atoms with Gasteiger partial charge in [-0.3, -0.25) is 4.79 Å². The van der Waals surface area contributed by atoms with Crippen LogP contribution in [0.25, 0.3) is 0 Å². The molecule has 1 amide bonds. The Kier molecular flexibility index (Phi) is 9.66. The third kappa shape index (κ3) is 6.88. The average Bonchev–Trinajstić information content (AvgIpc) is 3.00. The summed E-state index contributed by atoms with van der Waals surface area (Å²) in [7, 11) is 3.33. The highest BCUT2D eigenvalue weighted by Crippen LogP contribution is 2.36. The quantitative estimate of drug-likeness (QED) is 0.498. The Balaban J connectivity index is 1.16. The first-order valence-corrected chi connectivity index (χ1v) is 14.5. The molecule has 1 saturated carbocycles. The van der Waals surface area contributed by atoms with E-state index in [4.69, 9.17) is 14.2 Å². The molecule has 3 fully saturated rings. The second kappa shape index (κ2) is 13.5. The molecule has 0 radical (unpaired) electrons. The first-order chi connectivity index (χ1) is 19.2. The Labute approximate surface area is 232 Å². The number of ether oxygens (including phenoxy) is 3. The second-order valence-corrected chi connectivity index (χ2v) is 11.1. The van der Waals surface area contributed by atoms with Crippen LogP contribution in [-0.4, -0.2) is 86.0 Å². The Morgan fingerprint density at radius 2 is 1.90 bits per heavy atom. The maximum absolute atomic E-state index is 13.5. The largest absolute Gasteiger partial charge is 0.491 e. The molecular weight excluding hydrogens is 494 g/mol. The van der Waals surface area contributed by atoms with E-state index < -0.39 is 0 Å². The number of carbonyl (C=O) groups excluding carboxylic acids is 1. The number of nitrogens with zero attached hydrogens (tertiary/aromatic N) is 3. The van der Waals surface area contributed by atoms with Crippen LogP contribution >= 0.6 is 0 Å². The van der Waals surface area contributed by atoms with Gasteiger partial charge in [0.1, 0.15) is 6.33 Å². The predicted molar refractivity (Wildman–Crippen MR) is 150 cm³/mol. The third-order valence-corrected chi connectivity index (χ3v) is 8.66. The van der Waals surface area contributed by atoms with Gasteiger partial charge in [0.05, 0.1) is 19.8 Å². The number of aromatic nitrogens is 2. The molecule has 5 rings (SSSR count). The van der Waals surface area contributed by atoms with Crippen molar-refractivity contribution in [1.82, 2.24) is 20.2 Å². The fourth-order valence-electron chi connectivity index (χ4n) is 6.43. The Morgan fingerprint density at radius 1 is 1.08 bits per heavy atom. The van der Waals surface area contributed by atoms with Gasteiger partial charge in [-0.1, -0.05) is 36.8 Å². The molecule has 1 aromatic heterocycles. The van der Waals surface area contributed by atoms with E-state index in [0.717, 1.165) is 38.8 Å². The molecule has 4 atom stereocenters. The van der Waals surface area contributed by atoms with Gasteiger partial charge in [-0.05, 0) is 55.9 Å². The average molecular weight is 538 g/mol. The van der Waals surface area contributed by atoms with Crippen molar-refractivity contribution in [2.45, 2.75) is 69.1 Å². The zero-order valence-corrected chi connectivity index (χ0v) is 23.3. The lowest BCUT2D eigenvalue weighted by Gasteiger charge is -2.38. The molecule has 4 unspecified atom stereocenters. The maximum Gasteiger partial charge on any atom is 0.276 e. The van der Waals surface area contributed by atoms with Crippen molar-refractivity contribution in [2.75, 3.05) is 52.4 Å². The highest BCUT2D eigenvalue weighted by Gasteiger charge is 2.32. The minimum absolute atomic E-state index is 0.0763. The monoisotopic (exact) mass is 537 g/mol. The van der Waals surface area contributed by atoms with Crippen LogP contribution < -0.4 is 15.4 Å². The van der Waals surface area contributed by atoms with Crippen molar-refractivity contribution in [2.24, 2.45) is 5.92 Å². The summed E-state index contributed by atoms with van der Waals surface area (Å²) in [6.45, 7) is 3.54. The van der Waals surface area contributed by atoms with Crippen LogP contribution in [0.2, 0.25) is 0 Å². The number of rotatable bonds is 9. The fourth-order valence-corrected chi connectivity index (χ4v) is 6.43. The Bertz CT molecular complexity index is 1060. The second-order valence-electron chi connectivity index (χ2n) is 11.1. The minimum atomic E-state index is -0.0987. The Hall–Kier alpha value is -2.75. The summed E-state index contributed by atoms with van der Waals surface area (Å²) in [5.41, 5.74) is 1.76. The number of likely N-dealkylation sites (tertiary alicyclic amines) is 1. The van der Waals surface area contributed by atoms with Gasteiger partial charge in [0, 0.05) is 45.4 Å². The fraction of sp³-hybridized carbons (Fsp3) is 0.633. The third-order valence-electron chi connectivity index (χ3n) is 8.66. The Morgan fingerprint density at radius 3 is 2.67 bits per heavy atom. The van der Waals surface area contributed by atoms with E-state index in [1.165, 1.54) is 31.2 Å². The van der Waals surface area contributed by atoms with Gasteiger partial charge in [0.2, 0.25) is 0 Å². The number of hydrogen-bond donors (Lipinski definition) is 2. The molecule has 0 spiro atoms. The first kappa shape index (κ1) is 27.8. The number of amides is 1. The zero-order valence-electron chi connectivity index (χ0n) is 23.3. The molecule has 2 aromatic rings. The van der Waals surface area contributed by atoms with Gasteiger partial charge in [-0.15, -0.1) is 0 Å². The van der Waals surface area contributed by atoms with E-state index in [0.29, 0.717) is 60.9 Å². The van der Waals surface area contributed by atoms with Crippen molar-refractivity contribution in [3.05, 3.63) is 47.9 Å². The topological polar surface area (TPSA) is 97.8 Å². The lowest BCUT2D eigenvalue weighted by atomic mass is 9.78. The van der Waals surface area contributed by atoms with Gasteiger partial charge >= 0.3 is 0 Å². The van der Waals surface area contributed by atoms with Crippen molar-refractivity contribution in [1.29, 1.82) is 0 Å². The number of methoxy groups -OCH3 is 2. The number of nitrogens with one attached hydrogen (secondary N) is 2. The normalized spacial score (nSPS) is 26.3. The molecule has 9 heteroatoms. The van der Waals surface area contributed by atoms with E-state index in [-0.39, 0.29) is 12.0 Å². The van der Waals surface area contributed by atoms with E-state index in [2.05, 4.69) is 50.9 Å². The van der Waals surface area contributed by atoms with Crippen LogP contribution in [0.5, 0.6) is 5.75 Å². The zero-order chi connectivity index (χ0) is 27.0. The van der Waals surface area contributed by atoms with Gasteiger partial charge in [-0.2, -0.15) is 0 Å². The predicted octanol–water partition coefficient (Wildman–Crippen LogP) is 3.87. The molecule has 1 aromatic carbocycles. The van der Waals surface area contributed by atoms with Crippen LogP contribution in [0.3, 0.4) is 0 Å². The molecule has 9 nitrogen and oxygen atoms in total. The first-order valence-electron chi connectivity index (χ1n) is 14.5. The summed E-state index contributed by atoms with van der Waals surface area (Å²) in [5.74, 6) is 2.07. The highest BCUT2D eigenvalue weighted by molar-refractivity contribution is 5.96. The van der Waals surface area contributed by atoms with Crippen LogP contribution in [0.4, 0.5) is 5.82 Å². The van der Waals surface area contributed by atoms with E-state index in [1.807, 2.05) is 4.90 Å². The van der Waals surface area contributed by atoms with Crippen molar-refractivity contribution >= 4 is 11.7 Å². The van der Waals surface area contributed by atoms with Crippen LogP contribution in [0.15, 0.2) is 36.7 Å². The summed E-state index contributed by atoms with van der Waals surface area (Å²) in [6, 6.07) is 11.5. The van der Waals surface area contributed by atoms with Crippen molar-refractivity contribution in [3.8, 4) is 5.75 Å². The van der Waals surface area contributed by atoms with Gasteiger partial charge in [-0.25, -0.2) is 9.97 Å². The number of hydrogen-bond acceptors (Lipinski definition) is 8. The SMILES string of the molecule is COc1c(NCC2CCCC(c3ccccc3)C2)ncnc1C(=O)N1CCC(NC2CCOCC2OC)CC1. The van der Waals surface area contributed by atoms with E-state index >= 15 is 0 Å². The molecule has 2 saturated heterocycles. The summed E-state index contributed by atoms with van der Waals surface area (Å²) in [5, 5.41) is 7.24. The van der Waals surface area contributed by atoms with E-state index in [1.54, 1.807) is 14.2 Å². The van der Waals surface area contributed by atoms with Crippen LogP contribution in [0.1, 0.15) is 66.9 Å².